The number of fused-ring (bicyclic) bond motifs is 1. The number of methoxy groups -OCH3 is 1. The summed E-state index contributed by atoms with van der Waals surface area (Å²) in [4.78, 5) is 40.9. The van der Waals surface area contributed by atoms with Crippen LogP contribution in [0.1, 0.15) is 50.7 Å². The molecule has 4 rings (SSSR count). The van der Waals surface area contributed by atoms with E-state index in [1.807, 2.05) is 69.3 Å². The standard InChI is InChI=1S/C30H38N2O8/c1-30(2,3)40-29(35)32-14-13-31(28(34)39-19-21-8-6-5-7-9-21)18-23(32)12-15-37-24-10-11-26-25(17-24)22(20-38-26)16-27(33)36-4/h5-11,17,22-23H,12-16,18-20H2,1-4H3/t22?,23-/m1/s1. The molecule has 2 amide bonds. The number of amides is 2. The van der Waals surface area contributed by atoms with Gasteiger partial charge in [0.2, 0.25) is 0 Å². The highest BCUT2D eigenvalue weighted by atomic mass is 16.6. The Morgan fingerprint density at radius 3 is 2.52 bits per heavy atom. The molecule has 0 spiro atoms. The summed E-state index contributed by atoms with van der Waals surface area (Å²) in [7, 11) is 1.37. The number of carbonyl (C=O) groups excluding carboxylic acids is 3. The highest BCUT2D eigenvalue weighted by Gasteiger charge is 2.35. The zero-order valence-corrected chi connectivity index (χ0v) is 23.6. The highest BCUT2D eigenvalue weighted by Crippen LogP contribution is 2.38. The monoisotopic (exact) mass is 554 g/mol. The van der Waals surface area contributed by atoms with Gasteiger partial charge in [-0.25, -0.2) is 9.59 Å². The smallest absolute Gasteiger partial charge is 0.410 e. The van der Waals surface area contributed by atoms with Crippen LogP contribution >= 0.6 is 0 Å². The van der Waals surface area contributed by atoms with Crippen molar-refractivity contribution in [3.05, 3.63) is 59.7 Å². The molecular formula is C30H38N2O8. The lowest BCUT2D eigenvalue weighted by Crippen LogP contribution is -2.57. The Hall–Kier alpha value is -3.95. The van der Waals surface area contributed by atoms with Gasteiger partial charge in [-0.3, -0.25) is 4.79 Å². The average Bonchev–Trinajstić information content (AvgIpc) is 3.32. The topological polar surface area (TPSA) is 104 Å². The fraction of sp³-hybridized carbons (Fsp3) is 0.500. The maximum atomic E-state index is 13.0. The summed E-state index contributed by atoms with van der Waals surface area (Å²) >= 11 is 0. The summed E-state index contributed by atoms with van der Waals surface area (Å²) in [6.07, 6.45) is -0.138. The zero-order chi connectivity index (χ0) is 28.7. The SMILES string of the molecule is COC(=O)CC1COc2ccc(OCC[C@@H]3CN(C(=O)OCc4ccccc4)CCN3C(=O)OC(C)(C)C)cc21. The van der Waals surface area contributed by atoms with E-state index in [1.165, 1.54) is 7.11 Å². The van der Waals surface area contributed by atoms with Crippen molar-refractivity contribution < 1.29 is 38.1 Å². The summed E-state index contributed by atoms with van der Waals surface area (Å²) in [5.41, 5.74) is 1.17. The van der Waals surface area contributed by atoms with Crippen LogP contribution in [0.5, 0.6) is 11.5 Å². The molecule has 2 aromatic rings. The van der Waals surface area contributed by atoms with Gasteiger partial charge in [-0.15, -0.1) is 0 Å². The van der Waals surface area contributed by atoms with Crippen LogP contribution in [0, 0.1) is 0 Å². The number of esters is 1. The minimum absolute atomic E-state index is 0.0949. The molecule has 2 aromatic carbocycles. The molecule has 2 aliphatic heterocycles. The molecule has 1 saturated heterocycles. The minimum Gasteiger partial charge on any atom is -0.494 e. The molecule has 0 bridgehead atoms. The van der Waals surface area contributed by atoms with Crippen LogP contribution in [0.3, 0.4) is 0 Å². The lowest BCUT2D eigenvalue weighted by atomic mass is 9.98. The Morgan fingerprint density at radius 2 is 1.80 bits per heavy atom. The quantitative estimate of drug-likeness (QED) is 0.340. The first-order valence-corrected chi connectivity index (χ1v) is 13.5. The van der Waals surface area contributed by atoms with Gasteiger partial charge in [0.15, 0.2) is 0 Å². The Bertz CT molecular complexity index is 1180. The summed E-state index contributed by atoms with van der Waals surface area (Å²) in [6.45, 7) is 7.34. The van der Waals surface area contributed by atoms with Crippen LogP contribution in [0.2, 0.25) is 0 Å². The lowest BCUT2D eigenvalue weighted by Gasteiger charge is -2.41. The average molecular weight is 555 g/mol. The highest BCUT2D eigenvalue weighted by molar-refractivity contribution is 5.71. The first-order valence-electron chi connectivity index (χ1n) is 13.5. The second-order valence-corrected chi connectivity index (χ2v) is 10.9. The van der Waals surface area contributed by atoms with E-state index in [0.29, 0.717) is 45.0 Å². The Morgan fingerprint density at radius 1 is 1.02 bits per heavy atom. The first kappa shape index (κ1) is 29.0. The van der Waals surface area contributed by atoms with Crippen LogP contribution in [0.25, 0.3) is 0 Å². The minimum atomic E-state index is -0.642. The van der Waals surface area contributed by atoms with Crippen LogP contribution in [-0.4, -0.2) is 79.6 Å². The number of ether oxygens (including phenoxy) is 5. The number of piperazine rings is 1. The molecule has 2 aliphatic rings. The van der Waals surface area contributed by atoms with Gasteiger partial charge in [0.05, 0.1) is 32.8 Å². The van der Waals surface area contributed by atoms with E-state index in [1.54, 1.807) is 9.80 Å². The molecule has 40 heavy (non-hydrogen) atoms. The van der Waals surface area contributed by atoms with Gasteiger partial charge in [0, 0.05) is 37.5 Å². The van der Waals surface area contributed by atoms with Gasteiger partial charge in [-0.05, 0) is 44.5 Å². The van der Waals surface area contributed by atoms with Gasteiger partial charge >= 0.3 is 18.2 Å². The first-order chi connectivity index (χ1) is 19.1. The van der Waals surface area contributed by atoms with Crippen molar-refractivity contribution in [3.8, 4) is 11.5 Å². The molecule has 0 aliphatic carbocycles. The maximum Gasteiger partial charge on any atom is 0.410 e. The predicted octanol–water partition coefficient (Wildman–Crippen LogP) is 4.75. The van der Waals surface area contributed by atoms with E-state index >= 15 is 0 Å². The number of hydrogen-bond acceptors (Lipinski definition) is 8. The van der Waals surface area contributed by atoms with Gasteiger partial charge in [0.1, 0.15) is 23.7 Å². The van der Waals surface area contributed by atoms with Gasteiger partial charge in [-0.2, -0.15) is 0 Å². The van der Waals surface area contributed by atoms with E-state index in [2.05, 4.69) is 0 Å². The van der Waals surface area contributed by atoms with E-state index < -0.39 is 17.8 Å². The number of benzene rings is 2. The molecule has 1 unspecified atom stereocenters. The maximum absolute atomic E-state index is 13.0. The van der Waals surface area contributed by atoms with Crippen molar-refractivity contribution >= 4 is 18.2 Å². The van der Waals surface area contributed by atoms with E-state index in [4.69, 9.17) is 23.7 Å². The van der Waals surface area contributed by atoms with Crippen LogP contribution in [0.15, 0.2) is 48.5 Å². The van der Waals surface area contributed by atoms with Crippen molar-refractivity contribution in [2.45, 2.75) is 57.8 Å². The number of rotatable bonds is 8. The fourth-order valence-corrected chi connectivity index (χ4v) is 4.75. The van der Waals surface area contributed by atoms with E-state index in [0.717, 1.165) is 16.9 Å². The Labute approximate surface area is 235 Å². The van der Waals surface area contributed by atoms with Crippen LogP contribution in [-0.2, 0) is 25.6 Å². The van der Waals surface area contributed by atoms with Gasteiger partial charge in [0.25, 0.3) is 0 Å². The molecular weight excluding hydrogens is 516 g/mol. The fourth-order valence-electron chi connectivity index (χ4n) is 4.75. The number of nitrogens with zero attached hydrogens (tertiary/aromatic N) is 2. The Kier molecular flexibility index (Phi) is 9.39. The lowest BCUT2D eigenvalue weighted by molar-refractivity contribution is -0.141. The van der Waals surface area contributed by atoms with Crippen LogP contribution < -0.4 is 9.47 Å². The molecule has 2 heterocycles. The summed E-state index contributed by atoms with van der Waals surface area (Å²) in [6, 6.07) is 14.7. The predicted molar refractivity (Wildman–Crippen MR) is 146 cm³/mol. The third-order valence-electron chi connectivity index (χ3n) is 6.80. The van der Waals surface area contributed by atoms with Gasteiger partial charge in [-0.1, -0.05) is 30.3 Å². The molecule has 1 fully saturated rings. The summed E-state index contributed by atoms with van der Waals surface area (Å²) in [5.74, 6) is 0.980. The van der Waals surface area contributed by atoms with Crippen molar-refractivity contribution in [2.24, 2.45) is 0 Å². The van der Waals surface area contributed by atoms with Crippen molar-refractivity contribution in [1.29, 1.82) is 0 Å². The van der Waals surface area contributed by atoms with E-state index in [-0.39, 0.29) is 31.0 Å². The second-order valence-electron chi connectivity index (χ2n) is 10.9. The third-order valence-corrected chi connectivity index (χ3v) is 6.80. The molecule has 0 aromatic heterocycles. The number of carbonyl (C=O) groups is 3. The van der Waals surface area contributed by atoms with Crippen molar-refractivity contribution in [3.63, 3.8) is 0 Å². The second kappa shape index (κ2) is 12.9. The Balaban J connectivity index is 1.38. The van der Waals surface area contributed by atoms with Gasteiger partial charge < -0.3 is 33.5 Å². The van der Waals surface area contributed by atoms with E-state index in [9.17, 15) is 14.4 Å². The van der Waals surface area contributed by atoms with Crippen molar-refractivity contribution in [2.75, 3.05) is 40.0 Å². The molecule has 0 radical (unpaired) electrons. The molecule has 2 atom stereocenters. The molecule has 10 heteroatoms. The largest absolute Gasteiger partial charge is 0.494 e. The van der Waals surface area contributed by atoms with Crippen molar-refractivity contribution in [1.82, 2.24) is 9.80 Å². The summed E-state index contributed by atoms with van der Waals surface area (Å²) in [5, 5.41) is 0. The normalized spacial score (nSPS) is 18.4. The molecule has 216 valence electrons. The summed E-state index contributed by atoms with van der Waals surface area (Å²) < 4.78 is 27.7. The molecule has 0 N–H and O–H groups in total. The molecule has 10 nitrogen and oxygen atoms in total. The molecule has 0 saturated carbocycles. The number of hydrogen-bond donors (Lipinski definition) is 0. The zero-order valence-electron chi connectivity index (χ0n) is 23.6. The van der Waals surface area contributed by atoms with Crippen LogP contribution in [0.4, 0.5) is 9.59 Å². The third kappa shape index (κ3) is 7.80.